The zero-order valence-corrected chi connectivity index (χ0v) is 8.01. The lowest BCUT2D eigenvalue weighted by Gasteiger charge is -2.04. The van der Waals surface area contributed by atoms with E-state index in [1.165, 1.54) is 0 Å². The largest absolute Gasteiger partial charge is 0.394 e. The minimum absolute atomic E-state index is 0.00958. The molecule has 0 aromatic carbocycles. The van der Waals surface area contributed by atoms with Gasteiger partial charge in [0.2, 0.25) is 5.91 Å². The Labute approximate surface area is 78.5 Å². The molecule has 3 N–H and O–H groups in total. The number of carbonyl (C=O) groups is 1. The van der Waals surface area contributed by atoms with Crippen LogP contribution in [0.3, 0.4) is 0 Å². The van der Waals surface area contributed by atoms with Gasteiger partial charge in [-0.05, 0) is 6.92 Å². The first kappa shape index (κ1) is 12.3. The molecule has 0 saturated heterocycles. The van der Waals surface area contributed by atoms with Crippen LogP contribution in [0, 0.1) is 0 Å². The summed E-state index contributed by atoms with van der Waals surface area (Å²) < 4.78 is 4.98. The highest BCUT2D eigenvalue weighted by molar-refractivity contribution is 5.77. The zero-order valence-electron chi connectivity index (χ0n) is 8.01. The van der Waals surface area contributed by atoms with Crippen LogP contribution in [0.25, 0.3) is 0 Å². The summed E-state index contributed by atoms with van der Waals surface area (Å²) in [7, 11) is 0. The fourth-order valence-electron chi connectivity index (χ4n) is 0.773. The molecule has 0 saturated carbocycles. The number of amides is 1. The van der Waals surface area contributed by atoms with E-state index in [-0.39, 0.29) is 12.5 Å². The standard InChI is InChI=1S/C8H18N2O3/c1-2-10-8(12)7-9-3-5-13-6-4-11/h9,11H,2-7H2,1H3,(H,10,12). The maximum absolute atomic E-state index is 10.9. The van der Waals surface area contributed by atoms with E-state index < -0.39 is 0 Å². The Bertz CT molecular complexity index is 131. The van der Waals surface area contributed by atoms with Gasteiger partial charge >= 0.3 is 0 Å². The third-order valence-corrected chi connectivity index (χ3v) is 1.32. The maximum Gasteiger partial charge on any atom is 0.233 e. The van der Waals surface area contributed by atoms with Gasteiger partial charge < -0.3 is 20.5 Å². The first-order valence-corrected chi connectivity index (χ1v) is 4.47. The van der Waals surface area contributed by atoms with E-state index in [0.29, 0.717) is 32.8 Å². The molecular weight excluding hydrogens is 172 g/mol. The van der Waals surface area contributed by atoms with Crippen molar-refractivity contribution < 1.29 is 14.6 Å². The van der Waals surface area contributed by atoms with Crippen molar-refractivity contribution in [2.24, 2.45) is 0 Å². The molecule has 78 valence electrons. The second-order valence-corrected chi connectivity index (χ2v) is 2.47. The van der Waals surface area contributed by atoms with Crippen LogP contribution in [0.2, 0.25) is 0 Å². The van der Waals surface area contributed by atoms with Crippen LogP contribution in [0.1, 0.15) is 6.92 Å². The van der Waals surface area contributed by atoms with Crippen LogP contribution < -0.4 is 10.6 Å². The highest BCUT2D eigenvalue weighted by Gasteiger charge is 1.96. The number of likely N-dealkylation sites (N-methyl/N-ethyl adjacent to an activating group) is 1. The molecule has 13 heavy (non-hydrogen) atoms. The summed E-state index contributed by atoms with van der Waals surface area (Å²) in [6.45, 7) is 4.37. The number of aliphatic hydroxyl groups excluding tert-OH is 1. The summed E-state index contributed by atoms with van der Waals surface area (Å²) in [6.07, 6.45) is 0. The first-order valence-electron chi connectivity index (χ1n) is 4.47. The number of aliphatic hydroxyl groups is 1. The van der Waals surface area contributed by atoms with Crippen LogP contribution in [-0.2, 0) is 9.53 Å². The Morgan fingerprint density at radius 1 is 1.46 bits per heavy atom. The second kappa shape index (κ2) is 9.44. The molecule has 0 aliphatic rings. The second-order valence-electron chi connectivity index (χ2n) is 2.47. The molecule has 0 atom stereocenters. The maximum atomic E-state index is 10.9. The van der Waals surface area contributed by atoms with E-state index in [0.717, 1.165) is 0 Å². The van der Waals surface area contributed by atoms with Gasteiger partial charge in [-0.2, -0.15) is 0 Å². The van der Waals surface area contributed by atoms with Crippen LogP contribution in [0.5, 0.6) is 0 Å². The fourth-order valence-corrected chi connectivity index (χ4v) is 0.773. The van der Waals surface area contributed by atoms with Crippen LogP contribution in [0.15, 0.2) is 0 Å². The van der Waals surface area contributed by atoms with Crippen LogP contribution in [-0.4, -0.2) is 50.5 Å². The highest BCUT2D eigenvalue weighted by Crippen LogP contribution is 1.71. The molecular formula is C8H18N2O3. The molecule has 5 nitrogen and oxygen atoms in total. The smallest absolute Gasteiger partial charge is 0.233 e. The predicted octanol–water partition coefficient (Wildman–Crippen LogP) is -1.28. The Hall–Kier alpha value is -0.650. The van der Waals surface area contributed by atoms with Crippen LogP contribution in [0.4, 0.5) is 0 Å². The van der Waals surface area contributed by atoms with E-state index in [1.807, 2.05) is 6.92 Å². The minimum atomic E-state index is -0.00958. The quantitative estimate of drug-likeness (QED) is 0.417. The number of nitrogens with one attached hydrogen (secondary N) is 2. The minimum Gasteiger partial charge on any atom is -0.394 e. The van der Waals surface area contributed by atoms with Gasteiger partial charge in [-0.25, -0.2) is 0 Å². The van der Waals surface area contributed by atoms with Gasteiger partial charge in [0.05, 0.1) is 26.4 Å². The predicted molar refractivity (Wildman–Crippen MR) is 49.5 cm³/mol. The Kier molecular flexibility index (Phi) is 8.97. The summed E-state index contributed by atoms with van der Waals surface area (Å²) in [5.74, 6) is -0.00958. The molecule has 0 radical (unpaired) electrons. The summed E-state index contributed by atoms with van der Waals surface area (Å²) in [6, 6.07) is 0. The zero-order chi connectivity index (χ0) is 9.94. The molecule has 0 aromatic heterocycles. The molecule has 0 unspecified atom stereocenters. The van der Waals surface area contributed by atoms with Gasteiger partial charge in [-0.1, -0.05) is 0 Å². The molecule has 0 rings (SSSR count). The number of ether oxygens (including phenoxy) is 1. The summed E-state index contributed by atoms with van der Waals surface area (Å²) in [5.41, 5.74) is 0. The molecule has 5 heteroatoms. The van der Waals surface area contributed by atoms with E-state index >= 15 is 0 Å². The van der Waals surface area contributed by atoms with E-state index in [9.17, 15) is 4.79 Å². The van der Waals surface area contributed by atoms with Gasteiger partial charge in [-0.3, -0.25) is 4.79 Å². The summed E-state index contributed by atoms with van der Waals surface area (Å²) in [5, 5.41) is 13.9. The lowest BCUT2D eigenvalue weighted by molar-refractivity contribution is -0.120. The van der Waals surface area contributed by atoms with Crippen molar-refractivity contribution in [3.05, 3.63) is 0 Å². The first-order chi connectivity index (χ1) is 6.31. The number of hydrogen-bond acceptors (Lipinski definition) is 4. The third-order valence-electron chi connectivity index (χ3n) is 1.32. The third kappa shape index (κ3) is 9.26. The van der Waals surface area contributed by atoms with Crippen LogP contribution >= 0.6 is 0 Å². The summed E-state index contributed by atoms with van der Waals surface area (Å²) in [4.78, 5) is 10.9. The topological polar surface area (TPSA) is 70.6 Å². The number of carbonyl (C=O) groups excluding carboxylic acids is 1. The highest BCUT2D eigenvalue weighted by atomic mass is 16.5. The number of hydrogen-bond donors (Lipinski definition) is 3. The number of rotatable bonds is 8. The van der Waals surface area contributed by atoms with Gasteiger partial charge in [0.15, 0.2) is 0 Å². The van der Waals surface area contributed by atoms with E-state index in [2.05, 4.69) is 10.6 Å². The Morgan fingerprint density at radius 3 is 2.85 bits per heavy atom. The van der Waals surface area contributed by atoms with Crippen molar-refractivity contribution in [3.8, 4) is 0 Å². The lowest BCUT2D eigenvalue weighted by Crippen LogP contribution is -2.35. The van der Waals surface area contributed by atoms with E-state index in [4.69, 9.17) is 9.84 Å². The van der Waals surface area contributed by atoms with Crippen molar-refractivity contribution in [2.75, 3.05) is 39.5 Å². The fraction of sp³-hybridized carbons (Fsp3) is 0.875. The van der Waals surface area contributed by atoms with E-state index in [1.54, 1.807) is 0 Å². The SMILES string of the molecule is CCNC(=O)CNCCOCCO. The molecule has 0 aliphatic carbocycles. The molecule has 1 amide bonds. The summed E-state index contributed by atoms with van der Waals surface area (Å²) >= 11 is 0. The average Bonchev–Trinajstić information content (AvgIpc) is 2.11. The average molecular weight is 190 g/mol. The lowest BCUT2D eigenvalue weighted by atomic mass is 10.5. The molecule has 0 bridgehead atoms. The molecule has 0 aliphatic heterocycles. The van der Waals surface area contributed by atoms with Crippen molar-refractivity contribution >= 4 is 5.91 Å². The van der Waals surface area contributed by atoms with Gasteiger partial charge in [-0.15, -0.1) is 0 Å². The normalized spacial score (nSPS) is 10.0. The van der Waals surface area contributed by atoms with Crippen molar-refractivity contribution in [1.82, 2.24) is 10.6 Å². The molecule has 0 fully saturated rings. The van der Waals surface area contributed by atoms with Gasteiger partial charge in [0, 0.05) is 13.1 Å². The van der Waals surface area contributed by atoms with Crippen molar-refractivity contribution in [1.29, 1.82) is 0 Å². The molecule has 0 heterocycles. The molecule has 0 spiro atoms. The van der Waals surface area contributed by atoms with Crippen molar-refractivity contribution in [2.45, 2.75) is 6.92 Å². The Morgan fingerprint density at radius 2 is 2.23 bits per heavy atom. The Balaban J connectivity index is 3.02. The van der Waals surface area contributed by atoms with Crippen molar-refractivity contribution in [3.63, 3.8) is 0 Å². The monoisotopic (exact) mass is 190 g/mol. The molecule has 0 aromatic rings. The van der Waals surface area contributed by atoms with Gasteiger partial charge in [0.1, 0.15) is 0 Å². The van der Waals surface area contributed by atoms with Gasteiger partial charge in [0.25, 0.3) is 0 Å².